The number of hydrogen-bond acceptors (Lipinski definition) is 3. The van der Waals surface area contributed by atoms with E-state index in [1.165, 1.54) is 0 Å². The predicted molar refractivity (Wildman–Crippen MR) is 98.5 cm³/mol. The van der Waals surface area contributed by atoms with Gasteiger partial charge >= 0.3 is 0 Å². The highest BCUT2D eigenvalue weighted by Crippen LogP contribution is 2.43. The van der Waals surface area contributed by atoms with Crippen LogP contribution in [0.15, 0.2) is 83.0 Å². The Bertz CT molecular complexity index is 1080. The van der Waals surface area contributed by atoms with Gasteiger partial charge in [-0.25, -0.2) is 0 Å². The molecule has 3 nitrogen and oxygen atoms in total. The van der Waals surface area contributed by atoms with E-state index in [0.29, 0.717) is 5.69 Å². The third-order valence-corrected chi connectivity index (χ3v) is 4.15. The number of aromatic hydroxyl groups is 1. The van der Waals surface area contributed by atoms with E-state index in [1.807, 2.05) is 79.7 Å². The highest BCUT2D eigenvalue weighted by atomic mass is 16.3. The molecule has 0 aliphatic carbocycles. The van der Waals surface area contributed by atoms with Crippen LogP contribution >= 0.6 is 0 Å². The van der Waals surface area contributed by atoms with E-state index in [9.17, 15) is 5.11 Å². The molecule has 0 radical (unpaired) electrons. The van der Waals surface area contributed by atoms with Gasteiger partial charge in [0.1, 0.15) is 5.69 Å². The summed E-state index contributed by atoms with van der Waals surface area (Å²) in [6.07, 6.45) is 0. The minimum Gasteiger partial charge on any atom is -0.505 e. The summed E-state index contributed by atoms with van der Waals surface area (Å²) in [6, 6.07) is 23.6. The summed E-state index contributed by atoms with van der Waals surface area (Å²) in [7, 11) is 0. The molecule has 24 heavy (non-hydrogen) atoms. The summed E-state index contributed by atoms with van der Waals surface area (Å²) < 4.78 is 0. The van der Waals surface area contributed by atoms with E-state index in [-0.39, 0.29) is 5.75 Å². The van der Waals surface area contributed by atoms with Crippen molar-refractivity contribution in [2.75, 3.05) is 0 Å². The summed E-state index contributed by atoms with van der Waals surface area (Å²) in [4.78, 5) is 0. The van der Waals surface area contributed by atoms with Gasteiger partial charge in [0.15, 0.2) is 5.75 Å². The summed E-state index contributed by atoms with van der Waals surface area (Å²) in [5.41, 5.74) is 2.40. The molecule has 3 heteroatoms. The first kappa shape index (κ1) is 14.4. The number of hydrogen-bond donors (Lipinski definition) is 1. The third-order valence-electron chi connectivity index (χ3n) is 4.15. The molecule has 0 aliphatic rings. The molecule has 0 aliphatic heterocycles. The number of rotatable bonds is 2. The van der Waals surface area contributed by atoms with Crippen molar-refractivity contribution in [3.63, 3.8) is 0 Å². The summed E-state index contributed by atoms with van der Waals surface area (Å²) in [6.45, 7) is 2.02. The summed E-state index contributed by atoms with van der Waals surface area (Å²) in [5.74, 6) is 0.167. The maximum absolute atomic E-state index is 10.7. The van der Waals surface area contributed by atoms with Crippen LogP contribution in [0.2, 0.25) is 0 Å². The van der Waals surface area contributed by atoms with E-state index in [4.69, 9.17) is 0 Å². The Morgan fingerprint density at radius 2 is 1.29 bits per heavy atom. The van der Waals surface area contributed by atoms with E-state index in [1.54, 1.807) is 0 Å². The SMILES string of the molecule is Cc1cccc(N=Nc2c(O)c3ccccc3c3ccccc23)c1. The fraction of sp³-hybridized carbons (Fsp3) is 0.0476. The fourth-order valence-electron chi connectivity index (χ4n) is 3.00. The highest BCUT2D eigenvalue weighted by Gasteiger charge is 2.12. The number of aryl methyl sites for hydroxylation is 1. The molecule has 0 fully saturated rings. The smallest absolute Gasteiger partial charge is 0.151 e. The Balaban J connectivity index is 1.98. The Hall–Kier alpha value is -3.20. The molecular weight excluding hydrogens is 296 g/mol. The number of nitrogens with zero attached hydrogens (tertiary/aromatic N) is 2. The molecule has 0 saturated carbocycles. The van der Waals surface area contributed by atoms with Gasteiger partial charge in [-0.1, -0.05) is 60.7 Å². The van der Waals surface area contributed by atoms with Gasteiger partial charge < -0.3 is 5.11 Å². The molecular formula is C21H16N2O. The lowest BCUT2D eigenvalue weighted by molar-refractivity contribution is 0.483. The molecule has 0 unspecified atom stereocenters. The first-order chi connectivity index (χ1) is 11.7. The van der Waals surface area contributed by atoms with Crippen LogP contribution in [0.5, 0.6) is 5.75 Å². The van der Waals surface area contributed by atoms with Crippen molar-refractivity contribution < 1.29 is 5.11 Å². The highest BCUT2D eigenvalue weighted by molar-refractivity contribution is 6.15. The Morgan fingerprint density at radius 1 is 0.667 bits per heavy atom. The fourth-order valence-corrected chi connectivity index (χ4v) is 3.00. The molecule has 0 heterocycles. The van der Waals surface area contributed by atoms with Gasteiger partial charge in [-0.05, 0) is 35.4 Å². The largest absolute Gasteiger partial charge is 0.505 e. The van der Waals surface area contributed by atoms with Crippen LogP contribution in [0.3, 0.4) is 0 Å². The van der Waals surface area contributed by atoms with Crippen molar-refractivity contribution >= 4 is 32.9 Å². The van der Waals surface area contributed by atoms with Crippen molar-refractivity contribution in [1.29, 1.82) is 0 Å². The molecule has 4 aromatic rings. The minimum absolute atomic E-state index is 0.167. The zero-order valence-corrected chi connectivity index (χ0v) is 13.3. The molecule has 116 valence electrons. The molecule has 1 N–H and O–H groups in total. The number of fused-ring (bicyclic) bond motifs is 3. The van der Waals surface area contributed by atoms with Crippen molar-refractivity contribution in [2.24, 2.45) is 10.2 Å². The lowest BCUT2D eigenvalue weighted by Gasteiger charge is -2.09. The molecule has 4 rings (SSSR count). The number of phenols is 1. The molecule has 4 aromatic carbocycles. The molecule has 0 bridgehead atoms. The monoisotopic (exact) mass is 312 g/mol. The van der Waals surface area contributed by atoms with Crippen LogP contribution in [0.1, 0.15) is 5.56 Å². The standard InChI is InChI=1S/C21H16N2O/c1-14-7-6-8-15(13-14)22-23-20-18-11-4-2-9-16(18)17-10-3-5-12-19(17)21(20)24/h2-13,24H,1H3. The Morgan fingerprint density at radius 3 is 2.00 bits per heavy atom. The second-order valence-electron chi connectivity index (χ2n) is 5.83. The number of benzene rings is 4. The molecule has 0 amide bonds. The van der Waals surface area contributed by atoms with Gasteiger partial charge in [0.25, 0.3) is 0 Å². The van der Waals surface area contributed by atoms with Crippen LogP contribution in [0, 0.1) is 6.92 Å². The maximum Gasteiger partial charge on any atom is 0.151 e. The first-order valence-electron chi connectivity index (χ1n) is 7.85. The van der Waals surface area contributed by atoms with E-state index in [2.05, 4.69) is 10.2 Å². The number of phenolic OH excluding ortho intramolecular Hbond substituents is 1. The average molecular weight is 312 g/mol. The predicted octanol–water partition coefficient (Wildman–Crippen LogP) is 6.42. The van der Waals surface area contributed by atoms with Gasteiger partial charge in [0.2, 0.25) is 0 Å². The molecule has 0 atom stereocenters. The van der Waals surface area contributed by atoms with Crippen molar-refractivity contribution in [3.8, 4) is 5.75 Å². The van der Waals surface area contributed by atoms with Crippen LogP contribution in [0.4, 0.5) is 11.4 Å². The van der Waals surface area contributed by atoms with Crippen LogP contribution in [-0.4, -0.2) is 5.11 Å². The van der Waals surface area contributed by atoms with Gasteiger partial charge in [0.05, 0.1) is 5.69 Å². The van der Waals surface area contributed by atoms with Gasteiger partial charge in [-0.15, -0.1) is 5.11 Å². The second kappa shape index (κ2) is 5.78. The lowest BCUT2D eigenvalue weighted by atomic mass is 9.99. The zero-order chi connectivity index (χ0) is 16.5. The van der Waals surface area contributed by atoms with E-state index in [0.717, 1.165) is 32.8 Å². The summed E-state index contributed by atoms with van der Waals surface area (Å²) in [5, 5.41) is 23.2. The molecule has 0 saturated heterocycles. The minimum atomic E-state index is 0.167. The van der Waals surface area contributed by atoms with Gasteiger partial charge in [0, 0.05) is 10.8 Å². The molecule has 0 spiro atoms. The normalized spacial score (nSPS) is 11.5. The van der Waals surface area contributed by atoms with Gasteiger partial charge in [-0.2, -0.15) is 5.11 Å². The van der Waals surface area contributed by atoms with Crippen molar-refractivity contribution in [1.82, 2.24) is 0 Å². The van der Waals surface area contributed by atoms with Crippen LogP contribution in [0.25, 0.3) is 21.5 Å². The van der Waals surface area contributed by atoms with E-state index >= 15 is 0 Å². The lowest BCUT2D eigenvalue weighted by Crippen LogP contribution is -1.81. The quantitative estimate of drug-likeness (QED) is 0.337. The Labute approximate surface area is 139 Å². The van der Waals surface area contributed by atoms with Crippen molar-refractivity contribution in [2.45, 2.75) is 6.92 Å². The zero-order valence-electron chi connectivity index (χ0n) is 13.3. The van der Waals surface area contributed by atoms with Crippen LogP contribution in [-0.2, 0) is 0 Å². The molecule has 0 aromatic heterocycles. The third kappa shape index (κ3) is 2.40. The summed E-state index contributed by atoms with van der Waals surface area (Å²) >= 11 is 0. The van der Waals surface area contributed by atoms with Crippen LogP contribution < -0.4 is 0 Å². The Kier molecular flexibility index (Phi) is 3.47. The second-order valence-corrected chi connectivity index (χ2v) is 5.83. The average Bonchev–Trinajstić information content (AvgIpc) is 2.62. The first-order valence-corrected chi connectivity index (χ1v) is 7.85. The van der Waals surface area contributed by atoms with E-state index < -0.39 is 0 Å². The maximum atomic E-state index is 10.7. The van der Waals surface area contributed by atoms with Gasteiger partial charge in [-0.3, -0.25) is 0 Å². The van der Waals surface area contributed by atoms with Crippen molar-refractivity contribution in [3.05, 3.63) is 78.4 Å². The topological polar surface area (TPSA) is 45.0 Å². The number of azo groups is 1.